The van der Waals surface area contributed by atoms with Gasteiger partial charge < -0.3 is 8.83 Å². The first-order valence-corrected chi connectivity index (χ1v) is 17.0. The molecule has 10 aromatic rings. The molecule has 230 valence electrons. The van der Waals surface area contributed by atoms with Crippen LogP contribution in [0.15, 0.2) is 154 Å². The lowest BCUT2D eigenvalue weighted by Gasteiger charge is -2.23. The second-order valence-electron chi connectivity index (χ2n) is 14.1. The van der Waals surface area contributed by atoms with E-state index in [0.29, 0.717) is 0 Å². The van der Waals surface area contributed by atoms with E-state index >= 15 is 0 Å². The van der Waals surface area contributed by atoms with E-state index in [1.807, 2.05) is 6.07 Å². The summed E-state index contributed by atoms with van der Waals surface area (Å²) in [4.78, 5) is 0. The van der Waals surface area contributed by atoms with Gasteiger partial charge >= 0.3 is 0 Å². The van der Waals surface area contributed by atoms with Gasteiger partial charge in [0.2, 0.25) is 0 Å². The Morgan fingerprint density at radius 3 is 1.88 bits per heavy atom. The summed E-state index contributed by atoms with van der Waals surface area (Å²) < 4.78 is 13.0. The molecule has 2 heterocycles. The second kappa shape index (κ2) is 9.49. The average molecular weight is 627 g/mol. The molecule has 0 saturated carbocycles. The van der Waals surface area contributed by atoms with E-state index in [-0.39, 0.29) is 5.41 Å². The molecule has 2 heteroatoms. The smallest absolute Gasteiger partial charge is 0.136 e. The van der Waals surface area contributed by atoms with Crippen LogP contribution in [0.2, 0.25) is 0 Å². The molecule has 11 rings (SSSR count). The highest BCUT2D eigenvalue weighted by atomic mass is 16.3. The lowest BCUT2D eigenvalue weighted by Crippen LogP contribution is -2.15. The van der Waals surface area contributed by atoms with Crippen molar-refractivity contribution in [3.05, 3.63) is 157 Å². The molecule has 0 amide bonds. The fraction of sp³-hybridized carbons (Fsp3) is 0.0638. The molecular weight excluding hydrogens is 597 g/mol. The minimum absolute atomic E-state index is 0.203. The van der Waals surface area contributed by atoms with Crippen molar-refractivity contribution < 1.29 is 8.83 Å². The minimum Gasteiger partial charge on any atom is -0.456 e. The van der Waals surface area contributed by atoms with Crippen LogP contribution in [0.4, 0.5) is 0 Å². The molecule has 1 aliphatic rings. The molecule has 0 atom stereocenters. The molecule has 0 radical (unpaired) electrons. The summed E-state index contributed by atoms with van der Waals surface area (Å²) >= 11 is 0. The van der Waals surface area contributed by atoms with E-state index < -0.39 is 0 Å². The third-order valence-electron chi connectivity index (χ3n) is 11.0. The summed E-state index contributed by atoms with van der Waals surface area (Å²) in [7, 11) is 0. The molecular formula is C47H30O2. The SMILES string of the molecule is CC1(C)c2cc3ccccc3cc2-c2c(-c3ccc4c(c3)oc3ccccc34)cc(-c3cccc4oc5cc6ccccc6cc5c34)cc21. The van der Waals surface area contributed by atoms with Crippen LogP contribution >= 0.6 is 0 Å². The zero-order chi connectivity index (χ0) is 32.4. The number of hydrogen-bond donors (Lipinski definition) is 0. The van der Waals surface area contributed by atoms with Crippen LogP contribution in [0.5, 0.6) is 0 Å². The lowest BCUT2D eigenvalue weighted by molar-refractivity contribution is 0.661. The third-order valence-corrected chi connectivity index (χ3v) is 11.0. The van der Waals surface area contributed by atoms with E-state index in [1.54, 1.807) is 0 Å². The van der Waals surface area contributed by atoms with Crippen molar-refractivity contribution >= 4 is 65.4 Å². The minimum atomic E-state index is -0.203. The first kappa shape index (κ1) is 26.9. The lowest BCUT2D eigenvalue weighted by atomic mass is 9.80. The van der Waals surface area contributed by atoms with Gasteiger partial charge in [-0.2, -0.15) is 0 Å². The number of fused-ring (bicyclic) bond motifs is 11. The number of furan rings is 2. The highest BCUT2D eigenvalue weighted by molar-refractivity contribution is 6.16. The van der Waals surface area contributed by atoms with Crippen LogP contribution in [0.1, 0.15) is 25.0 Å². The van der Waals surface area contributed by atoms with Crippen LogP contribution in [0, 0.1) is 0 Å². The molecule has 2 nitrogen and oxygen atoms in total. The largest absolute Gasteiger partial charge is 0.456 e. The number of rotatable bonds is 2. The van der Waals surface area contributed by atoms with Crippen LogP contribution < -0.4 is 0 Å². The van der Waals surface area contributed by atoms with Gasteiger partial charge in [0.05, 0.1) is 0 Å². The van der Waals surface area contributed by atoms with E-state index in [0.717, 1.165) is 49.4 Å². The van der Waals surface area contributed by atoms with Gasteiger partial charge in [0.25, 0.3) is 0 Å². The highest BCUT2D eigenvalue weighted by Crippen LogP contribution is 2.55. The summed E-state index contributed by atoms with van der Waals surface area (Å²) in [5, 5.41) is 9.51. The van der Waals surface area contributed by atoms with Crippen LogP contribution in [-0.2, 0) is 5.41 Å². The summed E-state index contributed by atoms with van der Waals surface area (Å²) in [6, 6.07) is 52.9. The molecule has 0 spiro atoms. The van der Waals surface area contributed by atoms with Crippen molar-refractivity contribution in [3.8, 4) is 33.4 Å². The third kappa shape index (κ3) is 3.72. The molecule has 0 fully saturated rings. The van der Waals surface area contributed by atoms with Crippen LogP contribution in [0.3, 0.4) is 0 Å². The monoisotopic (exact) mass is 626 g/mol. The maximum absolute atomic E-state index is 6.53. The van der Waals surface area contributed by atoms with Crippen molar-refractivity contribution in [3.63, 3.8) is 0 Å². The van der Waals surface area contributed by atoms with Crippen molar-refractivity contribution in [2.24, 2.45) is 0 Å². The molecule has 1 aliphatic carbocycles. The van der Waals surface area contributed by atoms with Crippen molar-refractivity contribution in [2.75, 3.05) is 0 Å². The van der Waals surface area contributed by atoms with Crippen molar-refractivity contribution in [1.82, 2.24) is 0 Å². The summed E-state index contributed by atoms with van der Waals surface area (Å²) in [5.41, 5.74) is 13.5. The first-order chi connectivity index (χ1) is 24.0. The normalized spacial score (nSPS) is 13.7. The standard InChI is InChI=1S/C47H30O2/c1-47(2)39-23-29-12-5-3-10-27(29)20-37(39)45-36(31-18-19-35-34-14-7-8-16-41(34)48-43(35)26-31)22-32(24-40(45)47)33-15-9-17-42-46(33)38-21-28-11-4-6-13-30(28)25-44(38)49-42/h3-26H,1-2H3. The second-order valence-corrected chi connectivity index (χ2v) is 14.1. The van der Waals surface area contributed by atoms with Crippen LogP contribution in [-0.4, -0.2) is 0 Å². The van der Waals surface area contributed by atoms with Gasteiger partial charge in [0.15, 0.2) is 0 Å². The van der Waals surface area contributed by atoms with Gasteiger partial charge in [-0.05, 0) is 127 Å². The Morgan fingerprint density at radius 1 is 0.388 bits per heavy atom. The molecule has 8 aromatic carbocycles. The van der Waals surface area contributed by atoms with E-state index in [9.17, 15) is 0 Å². The van der Waals surface area contributed by atoms with Crippen molar-refractivity contribution in [2.45, 2.75) is 19.3 Å². The fourth-order valence-electron chi connectivity index (χ4n) is 8.56. The highest BCUT2D eigenvalue weighted by Gasteiger charge is 2.38. The van der Waals surface area contributed by atoms with Crippen molar-refractivity contribution in [1.29, 1.82) is 0 Å². The molecule has 0 saturated heterocycles. The Balaban J connectivity index is 1.23. The molecule has 0 N–H and O–H groups in total. The molecule has 2 aromatic heterocycles. The molecule has 0 aliphatic heterocycles. The molecule has 0 bridgehead atoms. The van der Waals surface area contributed by atoms with E-state index in [2.05, 4.69) is 153 Å². The van der Waals surface area contributed by atoms with Gasteiger partial charge in [-0.15, -0.1) is 0 Å². The van der Waals surface area contributed by atoms with Gasteiger partial charge in [0, 0.05) is 27.0 Å². The number of hydrogen-bond acceptors (Lipinski definition) is 2. The Labute approximate surface area is 282 Å². The van der Waals surface area contributed by atoms with Gasteiger partial charge in [-0.25, -0.2) is 0 Å². The van der Waals surface area contributed by atoms with Gasteiger partial charge in [-0.1, -0.05) is 98.8 Å². The molecule has 0 unspecified atom stereocenters. The number of benzene rings is 8. The topological polar surface area (TPSA) is 26.3 Å². The van der Waals surface area contributed by atoms with E-state index in [1.165, 1.54) is 60.5 Å². The maximum Gasteiger partial charge on any atom is 0.136 e. The van der Waals surface area contributed by atoms with E-state index in [4.69, 9.17) is 8.83 Å². The Bertz CT molecular complexity index is 3020. The Hall–Kier alpha value is -6.12. The summed E-state index contributed by atoms with van der Waals surface area (Å²) in [5.74, 6) is 0. The molecule has 49 heavy (non-hydrogen) atoms. The first-order valence-electron chi connectivity index (χ1n) is 17.0. The van der Waals surface area contributed by atoms with Gasteiger partial charge in [-0.3, -0.25) is 0 Å². The zero-order valence-electron chi connectivity index (χ0n) is 27.2. The maximum atomic E-state index is 6.53. The number of para-hydroxylation sites is 1. The fourth-order valence-corrected chi connectivity index (χ4v) is 8.56. The average Bonchev–Trinajstić information content (AvgIpc) is 3.76. The van der Waals surface area contributed by atoms with Crippen LogP contribution in [0.25, 0.3) is 98.8 Å². The predicted molar refractivity (Wildman–Crippen MR) is 204 cm³/mol. The predicted octanol–water partition coefficient (Wildman–Crippen LogP) is 13.4. The Kier molecular flexibility index (Phi) is 5.21. The quantitative estimate of drug-likeness (QED) is 0.191. The summed E-state index contributed by atoms with van der Waals surface area (Å²) in [6.45, 7) is 4.75. The summed E-state index contributed by atoms with van der Waals surface area (Å²) in [6.07, 6.45) is 0. The zero-order valence-corrected chi connectivity index (χ0v) is 27.2. The Morgan fingerprint density at radius 2 is 1.04 bits per heavy atom. The van der Waals surface area contributed by atoms with Gasteiger partial charge in [0.1, 0.15) is 22.3 Å².